The monoisotopic (exact) mass is 377 g/mol. The fourth-order valence-electron chi connectivity index (χ4n) is 2.79. The van der Waals surface area contributed by atoms with E-state index in [9.17, 15) is 18.3 Å². The van der Waals surface area contributed by atoms with Crippen molar-refractivity contribution in [3.05, 3.63) is 11.9 Å². The van der Waals surface area contributed by atoms with Crippen molar-refractivity contribution in [2.45, 2.75) is 37.0 Å². The molecular weight excluding hydrogens is 357 g/mol. The molecule has 0 radical (unpaired) electrons. The molecule has 1 fully saturated rings. The number of nitrogens with zero attached hydrogens (tertiary/aromatic N) is 2. The van der Waals surface area contributed by atoms with Crippen LogP contribution >= 0.6 is 0 Å². The molecule has 11 heteroatoms. The maximum atomic E-state index is 15.6. The Balaban J connectivity index is 2.56. The minimum absolute atomic E-state index is 0.00622. The van der Waals surface area contributed by atoms with Crippen molar-refractivity contribution in [3.63, 3.8) is 0 Å². The molecule has 2 unspecified atom stereocenters. The number of amides is 1. The molecule has 1 aliphatic rings. The standard InChI is InChI=1S/C14H20FN3O6S/c1-23-9-8-10(24-2)17-11(16-9)14(20)7-5-4-6-13(14,15)12(19)18-25(3,21)22/h8,20H,4-7H2,1-3H3,(H,18,19). The van der Waals surface area contributed by atoms with E-state index in [4.69, 9.17) is 9.47 Å². The predicted molar refractivity (Wildman–Crippen MR) is 84.3 cm³/mol. The molecule has 25 heavy (non-hydrogen) atoms. The Kier molecular flexibility index (Phi) is 5.19. The average Bonchev–Trinajstić information content (AvgIpc) is 2.55. The summed E-state index contributed by atoms with van der Waals surface area (Å²) >= 11 is 0. The summed E-state index contributed by atoms with van der Waals surface area (Å²) in [5, 5.41) is 11.0. The zero-order chi connectivity index (χ0) is 18.9. The predicted octanol–water partition coefficient (Wildman–Crippen LogP) is 0.0395. The number of hydrogen-bond acceptors (Lipinski definition) is 8. The first kappa shape index (κ1) is 19.3. The lowest BCUT2D eigenvalue weighted by Crippen LogP contribution is -2.60. The Hall–Kier alpha value is -2.01. The highest BCUT2D eigenvalue weighted by Crippen LogP contribution is 2.47. The second kappa shape index (κ2) is 6.71. The van der Waals surface area contributed by atoms with E-state index in [0.717, 1.165) is 6.26 Å². The molecule has 1 amide bonds. The zero-order valence-corrected chi connectivity index (χ0v) is 14.9. The van der Waals surface area contributed by atoms with Crippen molar-refractivity contribution < 1.29 is 32.2 Å². The normalized spacial score (nSPS) is 26.8. The van der Waals surface area contributed by atoms with Gasteiger partial charge in [0.1, 0.15) is 0 Å². The van der Waals surface area contributed by atoms with Gasteiger partial charge in [0.2, 0.25) is 27.5 Å². The highest BCUT2D eigenvalue weighted by molar-refractivity contribution is 7.89. The summed E-state index contributed by atoms with van der Waals surface area (Å²) in [6.07, 6.45) is 0.861. The molecule has 2 rings (SSSR count). The number of ether oxygens (including phenoxy) is 2. The first-order valence-corrected chi connectivity index (χ1v) is 9.36. The lowest BCUT2D eigenvalue weighted by Gasteiger charge is -2.42. The van der Waals surface area contributed by atoms with E-state index in [1.54, 1.807) is 4.72 Å². The van der Waals surface area contributed by atoms with Gasteiger partial charge in [-0.25, -0.2) is 12.8 Å². The van der Waals surface area contributed by atoms with E-state index in [1.165, 1.54) is 20.3 Å². The number of hydrogen-bond donors (Lipinski definition) is 2. The molecule has 2 N–H and O–H groups in total. The summed E-state index contributed by atoms with van der Waals surface area (Å²) in [4.78, 5) is 20.2. The van der Waals surface area contributed by atoms with Gasteiger partial charge in [0.05, 0.1) is 26.5 Å². The third kappa shape index (κ3) is 3.66. The molecule has 0 aliphatic heterocycles. The van der Waals surface area contributed by atoms with Gasteiger partial charge < -0.3 is 14.6 Å². The van der Waals surface area contributed by atoms with Crippen LogP contribution < -0.4 is 14.2 Å². The van der Waals surface area contributed by atoms with Gasteiger partial charge in [0.15, 0.2) is 11.4 Å². The minimum atomic E-state index is -4.01. The summed E-state index contributed by atoms with van der Waals surface area (Å²) in [5.41, 5.74) is -5.35. The van der Waals surface area contributed by atoms with E-state index in [0.29, 0.717) is 6.42 Å². The van der Waals surface area contributed by atoms with Gasteiger partial charge in [-0.3, -0.25) is 9.52 Å². The molecule has 2 atom stereocenters. The van der Waals surface area contributed by atoms with Crippen molar-refractivity contribution >= 4 is 15.9 Å². The van der Waals surface area contributed by atoms with Crippen LogP contribution in [0.2, 0.25) is 0 Å². The van der Waals surface area contributed by atoms with Crippen molar-refractivity contribution in [3.8, 4) is 11.8 Å². The Morgan fingerprint density at radius 2 is 1.76 bits per heavy atom. The van der Waals surface area contributed by atoms with Crippen LogP contribution in [-0.2, 0) is 20.4 Å². The molecule has 0 saturated heterocycles. The van der Waals surface area contributed by atoms with E-state index in [1.807, 2.05) is 0 Å². The van der Waals surface area contributed by atoms with Gasteiger partial charge >= 0.3 is 0 Å². The second-order valence-corrected chi connectivity index (χ2v) is 7.60. The van der Waals surface area contributed by atoms with Gasteiger partial charge in [-0.2, -0.15) is 9.97 Å². The summed E-state index contributed by atoms with van der Waals surface area (Å²) in [7, 11) is -1.38. The Labute approximate surface area is 144 Å². The van der Waals surface area contributed by atoms with E-state index in [2.05, 4.69) is 9.97 Å². The first-order valence-electron chi connectivity index (χ1n) is 7.47. The topological polar surface area (TPSA) is 128 Å². The Morgan fingerprint density at radius 1 is 1.24 bits per heavy atom. The first-order chi connectivity index (χ1) is 11.6. The number of sulfonamides is 1. The highest BCUT2D eigenvalue weighted by Gasteiger charge is 2.61. The largest absolute Gasteiger partial charge is 0.481 e. The van der Waals surface area contributed by atoms with Crippen LogP contribution in [0.4, 0.5) is 4.39 Å². The molecule has 1 aromatic rings. The summed E-state index contributed by atoms with van der Waals surface area (Å²) in [5.74, 6) is -1.85. The van der Waals surface area contributed by atoms with E-state index >= 15 is 4.39 Å². The number of alkyl halides is 1. The number of aliphatic hydroxyl groups is 1. The molecule has 1 aromatic heterocycles. The molecule has 0 spiro atoms. The molecule has 1 heterocycles. The van der Waals surface area contributed by atoms with Crippen LogP contribution in [0.1, 0.15) is 31.5 Å². The summed E-state index contributed by atoms with van der Waals surface area (Å²) in [6, 6.07) is 1.33. The van der Waals surface area contributed by atoms with Crippen LogP contribution in [0.5, 0.6) is 11.8 Å². The average molecular weight is 377 g/mol. The van der Waals surface area contributed by atoms with Crippen molar-refractivity contribution in [1.82, 2.24) is 14.7 Å². The number of carbonyl (C=O) groups is 1. The summed E-state index contributed by atoms with van der Waals surface area (Å²) < 4.78 is 49.8. The number of halogens is 1. The molecule has 1 saturated carbocycles. The molecule has 9 nitrogen and oxygen atoms in total. The van der Waals surface area contributed by atoms with Crippen LogP contribution in [0.15, 0.2) is 6.07 Å². The SMILES string of the molecule is COc1cc(OC)nc(C2(O)CCCCC2(F)C(=O)NS(C)(=O)=O)n1. The molecule has 0 aromatic carbocycles. The molecular formula is C14H20FN3O6S. The number of aromatic nitrogens is 2. The van der Waals surface area contributed by atoms with Crippen LogP contribution in [0.3, 0.4) is 0 Å². The Bertz CT molecular complexity index is 752. The third-order valence-electron chi connectivity index (χ3n) is 4.07. The second-order valence-electron chi connectivity index (χ2n) is 5.85. The van der Waals surface area contributed by atoms with E-state index < -0.39 is 33.0 Å². The fraction of sp³-hybridized carbons (Fsp3) is 0.643. The van der Waals surface area contributed by atoms with Crippen LogP contribution in [0.25, 0.3) is 0 Å². The van der Waals surface area contributed by atoms with Gasteiger partial charge in [0.25, 0.3) is 5.91 Å². The maximum Gasteiger partial charge on any atom is 0.274 e. The lowest BCUT2D eigenvalue weighted by atomic mass is 9.72. The number of rotatable bonds is 5. The summed E-state index contributed by atoms with van der Waals surface area (Å²) in [6.45, 7) is 0. The van der Waals surface area contributed by atoms with Gasteiger partial charge in [-0.15, -0.1) is 0 Å². The minimum Gasteiger partial charge on any atom is -0.481 e. The molecule has 140 valence electrons. The zero-order valence-electron chi connectivity index (χ0n) is 14.1. The van der Waals surface area contributed by atoms with Gasteiger partial charge in [0, 0.05) is 0 Å². The van der Waals surface area contributed by atoms with Crippen molar-refractivity contribution in [1.29, 1.82) is 0 Å². The molecule has 1 aliphatic carbocycles. The number of methoxy groups -OCH3 is 2. The van der Waals surface area contributed by atoms with Crippen LogP contribution in [-0.4, -0.2) is 55.5 Å². The Morgan fingerprint density at radius 3 is 2.24 bits per heavy atom. The quantitative estimate of drug-likeness (QED) is 0.736. The lowest BCUT2D eigenvalue weighted by molar-refractivity contribution is -0.169. The maximum absolute atomic E-state index is 15.6. The number of nitrogens with one attached hydrogen (secondary N) is 1. The highest BCUT2D eigenvalue weighted by atomic mass is 32.2. The number of carbonyl (C=O) groups excluding carboxylic acids is 1. The smallest absolute Gasteiger partial charge is 0.274 e. The van der Waals surface area contributed by atoms with Gasteiger partial charge in [-0.1, -0.05) is 0 Å². The van der Waals surface area contributed by atoms with Crippen molar-refractivity contribution in [2.24, 2.45) is 0 Å². The van der Waals surface area contributed by atoms with Crippen molar-refractivity contribution in [2.75, 3.05) is 20.5 Å². The molecule has 0 bridgehead atoms. The van der Waals surface area contributed by atoms with E-state index in [-0.39, 0.29) is 31.0 Å². The third-order valence-corrected chi connectivity index (χ3v) is 4.63. The van der Waals surface area contributed by atoms with Crippen LogP contribution in [0, 0.1) is 0 Å². The van der Waals surface area contributed by atoms with Gasteiger partial charge in [-0.05, 0) is 25.7 Å². The fourth-order valence-corrected chi connectivity index (χ4v) is 3.29.